The fraction of sp³-hybridized carbons (Fsp3) is 0. The van der Waals surface area contributed by atoms with Crippen LogP contribution in [0.15, 0.2) is 109 Å². The molecule has 0 spiro atoms. The minimum atomic E-state index is -0.368. The Hall–Kier alpha value is -4.05. The summed E-state index contributed by atoms with van der Waals surface area (Å²) in [5.41, 5.74) is 4.48. The van der Waals surface area contributed by atoms with Gasteiger partial charge in [0.15, 0.2) is 0 Å². The zero-order valence-electron chi connectivity index (χ0n) is 15.7. The Bertz CT molecular complexity index is 1060. The number of hydrogen-bond acceptors (Lipinski definition) is 4. The van der Waals surface area contributed by atoms with Crippen molar-refractivity contribution in [2.45, 2.75) is 0 Å². The fourth-order valence-electron chi connectivity index (χ4n) is 2.84. The van der Waals surface area contributed by atoms with Crippen LogP contribution in [0.5, 0.6) is 5.75 Å². The summed E-state index contributed by atoms with van der Waals surface area (Å²) in [7, 11) is 0. The van der Waals surface area contributed by atoms with E-state index in [-0.39, 0.29) is 5.97 Å². The highest BCUT2D eigenvalue weighted by Gasteiger charge is 2.07. The molecule has 4 aromatic carbocycles. The van der Waals surface area contributed by atoms with Gasteiger partial charge in [-0.05, 0) is 72.8 Å². The summed E-state index contributed by atoms with van der Waals surface area (Å²) in [6.07, 6.45) is 0. The molecule has 0 saturated heterocycles. The number of nitrogens with one attached hydrogen (secondary N) is 2. The van der Waals surface area contributed by atoms with Crippen molar-refractivity contribution in [3.63, 3.8) is 0 Å². The lowest BCUT2D eigenvalue weighted by Crippen LogP contribution is -2.07. The van der Waals surface area contributed by atoms with Crippen molar-refractivity contribution < 1.29 is 9.53 Å². The normalized spacial score (nSPS) is 10.2. The molecule has 4 nitrogen and oxygen atoms in total. The van der Waals surface area contributed by atoms with Crippen LogP contribution in [0.3, 0.4) is 0 Å². The van der Waals surface area contributed by atoms with Crippen molar-refractivity contribution in [1.82, 2.24) is 0 Å². The summed E-state index contributed by atoms with van der Waals surface area (Å²) in [5.74, 6) is 0.139. The van der Waals surface area contributed by atoms with E-state index in [4.69, 9.17) is 4.74 Å². The Morgan fingerprint density at radius 3 is 1.45 bits per heavy atom. The molecule has 0 aliphatic rings. The first kappa shape index (κ1) is 18.3. The lowest BCUT2D eigenvalue weighted by atomic mass is 10.2. The molecule has 0 unspecified atom stereocenters. The van der Waals surface area contributed by atoms with Gasteiger partial charge in [-0.2, -0.15) is 0 Å². The molecule has 142 valence electrons. The quantitative estimate of drug-likeness (QED) is 0.300. The van der Waals surface area contributed by atoms with Crippen molar-refractivity contribution in [2.75, 3.05) is 10.6 Å². The van der Waals surface area contributed by atoms with E-state index in [0.29, 0.717) is 11.3 Å². The van der Waals surface area contributed by atoms with E-state index < -0.39 is 0 Å². The first-order valence-corrected chi connectivity index (χ1v) is 9.33. The van der Waals surface area contributed by atoms with Gasteiger partial charge in [0.25, 0.3) is 0 Å². The second kappa shape index (κ2) is 8.76. The summed E-state index contributed by atoms with van der Waals surface area (Å²) in [4.78, 5) is 12.1. The van der Waals surface area contributed by atoms with Gasteiger partial charge in [0, 0.05) is 22.7 Å². The molecular weight excluding hydrogens is 360 g/mol. The highest BCUT2D eigenvalue weighted by atomic mass is 16.5. The van der Waals surface area contributed by atoms with Gasteiger partial charge in [-0.3, -0.25) is 0 Å². The number of carbonyl (C=O) groups is 1. The molecule has 0 saturated carbocycles. The van der Waals surface area contributed by atoms with E-state index in [2.05, 4.69) is 10.6 Å². The van der Waals surface area contributed by atoms with Crippen molar-refractivity contribution in [3.05, 3.63) is 115 Å². The minimum absolute atomic E-state index is 0.368. The van der Waals surface area contributed by atoms with Gasteiger partial charge in [0.2, 0.25) is 0 Å². The Balaban J connectivity index is 1.35. The van der Waals surface area contributed by atoms with Crippen LogP contribution in [0.1, 0.15) is 10.4 Å². The van der Waals surface area contributed by atoms with Crippen molar-refractivity contribution >= 4 is 28.7 Å². The van der Waals surface area contributed by atoms with Gasteiger partial charge in [0.1, 0.15) is 5.75 Å². The SMILES string of the molecule is O=C(Oc1ccc(Nc2ccc(Nc3ccccc3)cc2)cc1)c1ccccc1. The standard InChI is InChI=1S/C25H20N2O2/c28-25(19-7-3-1-4-8-19)29-24-17-15-23(16-18-24)27-22-13-11-21(12-14-22)26-20-9-5-2-6-10-20/h1-18,26-27H. The average Bonchev–Trinajstić information content (AvgIpc) is 2.78. The lowest BCUT2D eigenvalue weighted by molar-refractivity contribution is 0.0735. The van der Waals surface area contributed by atoms with E-state index in [1.54, 1.807) is 24.3 Å². The van der Waals surface area contributed by atoms with Crippen LogP contribution in [0.25, 0.3) is 0 Å². The molecule has 4 aromatic rings. The number of esters is 1. The maximum atomic E-state index is 12.1. The predicted octanol–water partition coefficient (Wildman–Crippen LogP) is 6.39. The third-order valence-corrected chi connectivity index (χ3v) is 4.31. The Kier molecular flexibility index (Phi) is 5.53. The van der Waals surface area contributed by atoms with Crippen molar-refractivity contribution in [3.8, 4) is 5.75 Å². The molecule has 0 heterocycles. The molecule has 0 radical (unpaired) electrons. The summed E-state index contributed by atoms with van der Waals surface area (Å²) in [6.45, 7) is 0. The molecule has 0 atom stereocenters. The number of anilines is 4. The van der Waals surface area contributed by atoms with Gasteiger partial charge in [0.05, 0.1) is 5.56 Å². The number of hydrogen-bond donors (Lipinski definition) is 2. The van der Waals surface area contributed by atoms with E-state index in [9.17, 15) is 4.79 Å². The first-order valence-electron chi connectivity index (χ1n) is 9.33. The summed E-state index contributed by atoms with van der Waals surface area (Å²) >= 11 is 0. The fourth-order valence-corrected chi connectivity index (χ4v) is 2.84. The number of para-hydroxylation sites is 1. The van der Waals surface area contributed by atoms with Gasteiger partial charge in [-0.15, -0.1) is 0 Å². The van der Waals surface area contributed by atoms with Crippen LogP contribution in [0, 0.1) is 0 Å². The largest absolute Gasteiger partial charge is 0.423 e. The van der Waals surface area contributed by atoms with Crippen molar-refractivity contribution in [2.24, 2.45) is 0 Å². The second-order valence-electron chi connectivity index (χ2n) is 6.47. The molecule has 29 heavy (non-hydrogen) atoms. The summed E-state index contributed by atoms with van der Waals surface area (Å²) < 4.78 is 5.40. The molecule has 2 N–H and O–H groups in total. The smallest absolute Gasteiger partial charge is 0.343 e. The molecule has 0 aromatic heterocycles. The zero-order valence-corrected chi connectivity index (χ0v) is 15.7. The van der Waals surface area contributed by atoms with Crippen LogP contribution >= 0.6 is 0 Å². The topological polar surface area (TPSA) is 50.4 Å². The molecule has 0 amide bonds. The monoisotopic (exact) mass is 380 g/mol. The van der Waals surface area contributed by atoms with E-state index in [0.717, 1.165) is 22.7 Å². The Morgan fingerprint density at radius 2 is 0.931 bits per heavy atom. The maximum absolute atomic E-state index is 12.1. The van der Waals surface area contributed by atoms with Crippen LogP contribution in [-0.4, -0.2) is 5.97 Å². The lowest BCUT2D eigenvalue weighted by Gasteiger charge is -2.10. The zero-order chi connectivity index (χ0) is 19.9. The highest BCUT2D eigenvalue weighted by molar-refractivity contribution is 5.91. The molecule has 0 bridgehead atoms. The molecule has 0 aliphatic carbocycles. The predicted molar refractivity (Wildman–Crippen MR) is 117 cm³/mol. The van der Waals surface area contributed by atoms with Gasteiger partial charge in [-0.25, -0.2) is 4.79 Å². The maximum Gasteiger partial charge on any atom is 0.343 e. The number of carbonyl (C=O) groups excluding carboxylic acids is 1. The van der Waals surface area contributed by atoms with E-state index in [1.807, 2.05) is 84.9 Å². The molecule has 0 fully saturated rings. The van der Waals surface area contributed by atoms with Crippen molar-refractivity contribution in [1.29, 1.82) is 0 Å². The third kappa shape index (κ3) is 5.02. The summed E-state index contributed by atoms with van der Waals surface area (Å²) in [6, 6.07) is 34.3. The molecule has 4 rings (SSSR count). The van der Waals surface area contributed by atoms with Gasteiger partial charge in [-0.1, -0.05) is 36.4 Å². The van der Waals surface area contributed by atoms with Crippen LogP contribution in [0.2, 0.25) is 0 Å². The number of ether oxygens (including phenoxy) is 1. The van der Waals surface area contributed by atoms with E-state index in [1.165, 1.54) is 0 Å². The van der Waals surface area contributed by atoms with Gasteiger partial charge >= 0.3 is 5.97 Å². The molecule has 0 aliphatic heterocycles. The molecule has 4 heteroatoms. The third-order valence-electron chi connectivity index (χ3n) is 4.31. The Morgan fingerprint density at radius 1 is 0.517 bits per heavy atom. The highest BCUT2D eigenvalue weighted by Crippen LogP contribution is 2.23. The first-order chi connectivity index (χ1) is 14.3. The summed E-state index contributed by atoms with van der Waals surface area (Å²) in [5, 5.41) is 6.70. The van der Waals surface area contributed by atoms with Crippen LogP contribution in [0.4, 0.5) is 22.7 Å². The second-order valence-corrected chi connectivity index (χ2v) is 6.47. The van der Waals surface area contributed by atoms with Crippen LogP contribution < -0.4 is 15.4 Å². The average molecular weight is 380 g/mol. The van der Waals surface area contributed by atoms with Crippen LogP contribution in [-0.2, 0) is 0 Å². The minimum Gasteiger partial charge on any atom is -0.423 e. The van der Waals surface area contributed by atoms with Gasteiger partial charge < -0.3 is 15.4 Å². The number of rotatable bonds is 6. The Labute approximate surface area is 169 Å². The molecular formula is C25H20N2O2. The number of benzene rings is 4. The van der Waals surface area contributed by atoms with E-state index >= 15 is 0 Å².